The van der Waals surface area contributed by atoms with Crippen molar-refractivity contribution < 1.29 is 23.9 Å². The van der Waals surface area contributed by atoms with E-state index in [1.807, 2.05) is 6.07 Å². The Balaban J connectivity index is 2.08. The number of nitro groups is 1. The summed E-state index contributed by atoms with van der Waals surface area (Å²) in [6.07, 6.45) is 0. The molecule has 2 aromatic carbocycles. The van der Waals surface area contributed by atoms with E-state index < -0.39 is 17.4 Å². The number of ether oxygens (including phenoxy) is 3. The van der Waals surface area contributed by atoms with Crippen LogP contribution < -0.4 is 19.5 Å². The highest BCUT2D eigenvalue weighted by atomic mass is 16.6. The highest BCUT2D eigenvalue weighted by Gasteiger charge is 2.18. The molecule has 0 saturated heterocycles. The Morgan fingerprint density at radius 3 is 2.58 bits per heavy atom. The van der Waals surface area contributed by atoms with Crippen LogP contribution in [0.4, 0.5) is 11.4 Å². The van der Waals surface area contributed by atoms with Gasteiger partial charge in [0, 0.05) is 6.07 Å². The quantitative estimate of drug-likeness (QED) is 0.596. The first-order chi connectivity index (χ1) is 12.5. The lowest BCUT2D eigenvalue weighted by atomic mass is 10.2. The van der Waals surface area contributed by atoms with Crippen LogP contribution in [0.15, 0.2) is 36.4 Å². The van der Waals surface area contributed by atoms with E-state index in [2.05, 4.69) is 5.32 Å². The molecule has 1 amide bonds. The molecule has 0 aliphatic carbocycles. The normalized spacial score (nSPS) is 9.73. The van der Waals surface area contributed by atoms with Gasteiger partial charge >= 0.3 is 0 Å². The number of amides is 1. The van der Waals surface area contributed by atoms with E-state index in [9.17, 15) is 14.9 Å². The number of nitriles is 1. The van der Waals surface area contributed by atoms with Gasteiger partial charge in [-0.2, -0.15) is 5.26 Å². The number of carbonyl (C=O) groups is 1. The molecular formula is C17H15N3O6. The van der Waals surface area contributed by atoms with Gasteiger partial charge < -0.3 is 19.5 Å². The SMILES string of the molecule is COc1ccc(NC(=O)COc2ccc(C#N)cc2OC)c([N+](=O)[O-])c1. The minimum atomic E-state index is -0.622. The van der Waals surface area contributed by atoms with Crippen LogP contribution in [0.2, 0.25) is 0 Å². The summed E-state index contributed by atoms with van der Waals surface area (Å²) in [6, 6.07) is 10.5. The van der Waals surface area contributed by atoms with Crippen molar-refractivity contribution in [1.29, 1.82) is 5.26 Å². The van der Waals surface area contributed by atoms with Crippen LogP contribution >= 0.6 is 0 Å². The van der Waals surface area contributed by atoms with Gasteiger partial charge in [0.25, 0.3) is 11.6 Å². The molecule has 9 heteroatoms. The molecule has 0 saturated carbocycles. The van der Waals surface area contributed by atoms with E-state index in [4.69, 9.17) is 19.5 Å². The summed E-state index contributed by atoms with van der Waals surface area (Å²) in [5, 5.41) is 22.4. The largest absolute Gasteiger partial charge is 0.496 e. The second-order valence-corrected chi connectivity index (χ2v) is 4.95. The zero-order valence-corrected chi connectivity index (χ0v) is 14.0. The molecule has 134 valence electrons. The molecule has 0 radical (unpaired) electrons. The fourth-order valence-electron chi connectivity index (χ4n) is 2.08. The Morgan fingerprint density at radius 2 is 1.96 bits per heavy atom. The molecule has 26 heavy (non-hydrogen) atoms. The van der Waals surface area contributed by atoms with Gasteiger partial charge in [-0.25, -0.2) is 0 Å². The number of nitro benzene ring substituents is 1. The maximum atomic E-state index is 12.1. The van der Waals surface area contributed by atoms with Gasteiger partial charge in [0.15, 0.2) is 18.1 Å². The summed E-state index contributed by atoms with van der Waals surface area (Å²) >= 11 is 0. The maximum Gasteiger partial charge on any atom is 0.296 e. The minimum Gasteiger partial charge on any atom is -0.496 e. The fraction of sp³-hybridized carbons (Fsp3) is 0.176. The molecule has 1 N–H and O–H groups in total. The lowest BCUT2D eigenvalue weighted by Crippen LogP contribution is -2.21. The predicted octanol–water partition coefficient (Wildman–Crippen LogP) is 2.50. The summed E-state index contributed by atoms with van der Waals surface area (Å²) in [5.74, 6) is 0.274. The van der Waals surface area contributed by atoms with Crippen molar-refractivity contribution in [3.05, 3.63) is 52.1 Å². The predicted molar refractivity (Wildman–Crippen MR) is 91.5 cm³/mol. The van der Waals surface area contributed by atoms with Gasteiger partial charge in [-0.15, -0.1) is 0 Å². The number of carbonyl (C=O) groups excluding carboxylic acids is 1. The van der Waals surface area contributed by atoms with Crippen molar-refractivity contribution in [2.24, 2.45) is 0 Å². The van der Waals surface area contributed by atoms with E-state index in [0.717, 1.165) is 0 Å². The Bertz CT molecular complexity index is 875. The molecule has 2 aromatic rings. The summed E-state index contributed by atoms with van der Waals surface area (Å²) in [5.41, 5.74) is 0.109. The van der Waals surface area contributed by atoms with Crippen LogP contribution in [0.5, 0.6) is 17.2 Å². The second-order valence-electron chi connectivity index (χ2n) is 4.95. The van der Waals surface area contributed by atoms with Gasteiger partial charge in [0.1, 0.15) is 11.4 Å². The van der Waals surface area contributed by atoms with Crippen LogP contribution in [0.1, 0.15) is 5.56 Å². The number of nitrogens with one attached hydrogen (secondary N) is 1. The molecule has 0 atom stereocenters. The first-order valence-corrected chi connectivity index (χ1v) is 7.31. The smallest absolute Gasteiger partial charge is 0.296 e. The highest BCUT2D eigenvalue weighted by molar-refractivity contribution is 5.94. The van der Waals surface area contributed by atoms with Gasteiger partial charge in [-0.3, -0.25) is 14.9 Å². The van der Waals surface area contributed by atoms with Gasteiger partial charge in [0.2, 0.25) is 0 Å². The molecule has 2 rings (SSSR count). The Hall–Kier alpha value is -3.80. The first kappa shape index (κ1) is 18.5. The number of nitrogens with zero attached hydrogens (tertiary/aromatic N) is 2. The van der Waals surface area contributed by atoms with E-state index in [1.54, 1.807) is 0 Å². The van der Waals surface area contributed by atoms with Crippen LogP contribution in [0, 0.1) is 21.4 Å². The lowest BCUT2D eigenvalue weighted by Gasteiger charge is -2.11. The summed E-state index contributed by atoms with van der Waals surface area (Å²) in [6.45, 7) is -0.397. The molecule has 0 spiro atoms. The van der Waals surface area contributed by atoms with E-state index >= 15 is 0 Å². The topological polar surface area (TPSA) is 124 Å². The average Bonchev–Trinajstić information content (AvgIpc) is 2.66. The molecule has 0 aromatic heterocycles. The number of rotatable bonds is 7. The van der Waals surface area contributed by atoms with Crippen molar-refractivity contribution in [2.45, 2.75) is 0 Å². The van der Waals surface area contributed by atoms with Crippen molar-refractivity contribution in [3.8, 4) is 23.3 Å². The van der Waals surface area contributed by atoms with Gasteiger partial charge in [-0.1, -0.05) is 0 Å². The lowest BCUT2D eigenvalue weighted by molar-refractivity contribution is -0.384. The van der Waals surface area contributed by atoms with Crippen molar-refractivity contribution in [2.75, 3.05) is 26.1 Å². The standard InChI is InChI=1S/C17H15N3O6/c1-24-12-4-5-13(14(8-12)20(22)23)19-17(21)10-26-15-6-3-11(9-18)7-16(15)25-2/h3-8H,10H2,1-2H3,(H,19,21). The number of hydrogen-bond acceptors (Lipinski definition) is 7. The highest BCUT2D eigenvalue weighted by Crippen LogP contribution is 2.30. The Labute approximate surface area is 148 Å². The van der Waals surface area contributed by atoms with Crippen LogP contribution in [0.25, 0.3) is 0 Å². The van der Waals surface area contributed by atoms with Crippen LogP contribution in [0.3, 0.4) is 0 Å². The Morgan fingerprint density at radius 1 is 1.19 bits per heavy atom. The van der Waals surface area contributed by atoms with Gasteiger partial charge in [0.05, 0.1) is 36.8 Å². The number of hydrogen-bond donors (Lipinski definition) is 1. The van der Waals surface area contributed by atoms with Crippen molar-refractivity contribution in [3.63, 3.8) is 0 Å². The molecule has 0 bridgehead atoms. The molecule has 0 unspecified atom stereocenters. The number of anilines is 1. The molecule has 0 fully saturated rings. The third-order valence-corrected chi connectivity index (χ3v) is 3.33. The Kier molecular flexibility index (Phi) is 5.95. The summed E-state index contributed by atoms with van der Waals surface area (Å²) < 4.78 is 15.4. The first-order valence-electron chi connectivity index (χ1n) is 7.31. The molecule has 9 nitrogen and oxygen atoms in total. The molecule has 0 aliphatic rings. The average molecular weight is 357 g/mol. The van der Waals surface area contributed by atoms with E-state index in [1.165, 1.54) is 50.6 Å². The number of benzene rings is 2. The number of methoxy groups -OCH3 is 2. The molecule has 0 aliphatic heterocycles. The van der Waals surface area contributed by atoms with Gasteiger partial charge in [-0.05, 0) is 24.3 Å². The zero-order chi connectivity index (χ0) is 19.1. The summed E-state index contributed by atoms with van der Waals surface area (Å²) in [4.78, 5) is 22.6. The van der Waals surface area contributed by atoms with Crippen molar-refractivity contribution in [1.82, 2.24) is 0 Å². The fourth-order valence-corrected chi connectivity index (χ4v) is 2.08. The molecular weight excluding hydrogens is 342 g/mol. The zero-order valence-electron chi connectivity index (χ0n) is 14.0. The van der Waals surface area contributed by atoms with E-state index in [-0.39, 0.29) is 17.1 Å². The van der Waals surface area contributed by atoms with Crippen LogP contribution in [-0.4, -0.2) is 31.7 Å². The molecule has 0 heterocycles. The maximum absolute atomic E-state index is 12.1. The van der Waals surface area contributed by atoms with Crippen molar-refractivity contribution >= 4 is 17.3 Å². The monoisotopic (exact) mass is 357 g/mol. The second kappa shape index (κ2) is 8.34. The third kappa shape index (κ3) is 4.39. The minimum absolute atomic E-state index is 0.0243. The summed E-state index contributed by atoms with van der Waals surface area (Å²) in [7, 11) is 2.79. The van der Waals surface area contributed by atoms with Crippen LogP contribution in [-0.2, 0) is 4.79 Å². The van der Waals surface area contributed by atoms with E-state index in [0.29, 0.717) is 17.1 Å². The third-order valence-electron chi connectivity index (χ3n) is 3.33.